The third kappa shape index (κ3) is 6.70. The van der Waals surface area contributed by atoms with Gasteiger partial charge in [-0.3, -0.25) is 9.59 Å². The molecule has 8 heteroatoms. The molecule has 2 amide bonds. The number of benzene rings is 2. The molecule has 2 aromatic rings. The molecule has 1 saturated heterocycles. The van der Waals surface area contributed by atoms with E-state index in [0.717, 1.165) is 23.2 Å². The average Bonchev–Trinajstić information content (AvgIpc) is 2.85. The number of nitrogens with one attached hydrogen (secondary N) is 1. The van der Waals surface area contributed by atoms with Crippen LogP contribution in [0.4, 0.5) is 5.69 Å². The Kier molecular flexibility index (Phi) is 9.08. The molecule has 0 radical (unpaired) electrons. The van der Waals surface area contributed by atoms with Crippen LogP contribution in [0.25, 0.3) is 0 Å². The van der Waals surface area contributed by atoms with Crippen molar-refractivity contribution in [3.8, 4) is 0 Å². The fraction of sp³-hybridized carbons (Fsp3) is 0.481. The van der Waals surface area contributed by atoms with Gasteiger partial charge in [-0.15, -0.1) is 0 Å². The number of nitrogens with zero attached hydrogens (tertiary/aromatic N) is 2. The van der Waals surface area contributed by atoms with E-state index >= 15 is 0 Å². The zero-order valence-electron chi connectivity index (χ0n) is 21.2. The van der Waals surface area contributed by atoms with Crippen LogP contribution >= 0.6 is 0 Å². The van der Waals surface area contributed by atoms with Gasteiger partial charge in [-0.1, -0.05) is 51.1 Å². The molecule has 1 fully saturated rings. The first kappa shape index (κ1) is 26.9. The van der Waals surface area contributed by atoms with E-state index in [0.29, 0.717) is 38.4 Å². The smallest absolute Gasteiger partial charge is 0.244 e. The van der Waals surface area contributed by atoms with Crippen LogP contribution in [0.5, 0.6) is 0 Å². The fourth-order valence-electron chi connectivity index (χ4n) is 4.39. The largest absolute Gasteiger partial charge is 0.333 e. The highest BCUT2D eigenvalue weighted by atomic mass is 32.2. The third-order valence-electron chi connectivity index (χ3n) is 6.55. The number of anilines is 1. The summed E-state index contributed by atoms with van der Waals surface area (Å²) in [6, 6.07) is 14.6. The lowest BCUT2D eigenvalue weighted by Gasteiger charge is -2.33. The minimum atomic E-state index is -3.60. The number of para-hydroxylation sites is 1. The lowest BCUT2D eigenvalue weighted by atomic mass is 9.96. The highest BCUT2D eigenvalue weighted by Crippen LogP contribution is 2.26. The number of aryl methyl sites for hydroxylation is 1. The first-order valence-electron chi connectivity index (χ1n) is 12.4. The fourth-order valence-corrected chi connectivity index (χ4v) is 5.86. The van der Waals surface area contributed by atoms with Crippen molar-refractivity contribution in [2.75, 3.05) is 31.5 Å². The molecular weight excluding hydrogens is 462 g/mol. The monoisotopic (exact) mass is 499 g/mol. The highest BCUT2D eigenvalue weighted by molar-refractivity contribution is 7.89. The van der Waals surface area contributed by atoms with E-state index in [1.54, 1.807) is 17.0 Å². The molecule has 1 N–H and O–H groups in total. The zero-order valence-corrected chi connectivity index (χ0v) is 22.0. The molecule has 190 valence electrons. The van der Waals surface area contributed by atoms with Crippen molar-refractivity contribution in [2.45, 2.75) is 57.8 Å². The van der Waals surface area contributed by atoms with Gasteiger partial charge in [0.1, 0.15) is 0 Å². The summed E-state index contributed by atoms with van der Waals surface area (Å²) >= 11 is 0. The van der Waals surface area contributed by atoms with E-state index in [-0.39, 0.29) is 29.2 Å². The van der Waals surface area contributed by atoms with E-state index < -0.39 is 10.0 Å². The Balaban J connectivity index is 1.60. The lowest BCUT2D eigenvalue weighted by molar-refractivity contribution is -0.139. The number of piperidine rings is 1. The molecule has 1 aliphatic rings. The van der Waals surface area contributed by atoms with Gasteiger partial charge in [-0.25, -0.2) is 8.42 Å². The van der Waals surface area contributed by atoms with Crippen LogP contribution in [0, 0.1) is 12.8 Å². The van der Waals surface area contributed by atoms with Gasteiger partial charge in [-0.2, -0.15) is 4.31 Å². The maximum atomic E-state index is 13.2. The molecule has 3 rings (SSSR count). The molecule has 0 atom stereocenters. The standard InChI is InChI=1S/C27H37N3O4S/c1-5-16-29(19-26(31)28-25-9-7-6-8-21(25)4)27(32)23-14-17-30(18-15-23)35(33,34)24-12-10-22(11-13-24)20(2)3/h6-13,20,23H,5,14-19H2,1-4H3,(H,28,31). The Morgan fingerprint density at radius 2 is 1.69 bits per heavy atom. The van der Waals surface area contributed by atoms with Gasteiger partial charge in [0.25, 0.3) is 0 Å². The number of carbonyl (C=O) groups excluding carboxylic acids is 2. The summed E-state index contributed by atoms with van der Waals surface area (Å²) < 4.78 is 27.7. The summed E-state index contributed by atoms with van der Waals surface area (Å²) in [6.45, 7) is 9.09. The summed E-state index contributed by atoms with van der Waals surface area (Å²) in [7, 11) is -3.60. The summed E-state index contributed by atoms with van der Waals surface area (Å²) in [5.74, 6) is -0.267. The molecule has 0 aromatic heterocycles. The Hall–Kier alpha value is -2.71. The molecule has 35 heavy (non-hydrogen) atoms. The van der Waals surface area contributed by atoms with Crippen molar-refractivity contribution >= 4 is 27.5 Å². The van der Waals surface area contributed by atoms with Crippen molar-refractivity contribution in [3.05, 3.63) is 59.7 Å². The summed E-state index contributed by atoms with van der Waals surface area (Å²) in [6.07, 6.45) is 1.63. The van der Waals surface area contributed by atoms with Crippen molar-refractivity contribution in [3.63, 3.8) is 0 Å². The lowest BCUT2D eigenvalue weighted by Crippen LogP contribution is -2.46. The summed E-state index contributed by atoms with van der Waals surface area (Å²) in [5.41, 5.74) is 2.79. The maximum Gasteiger partial charge on any atom is 0.244 e. The molecule has 2 aromatic carbocycles. The number of sulfonamides is 1. The number of rotatable bonds is 9. The zero-order chi connectivity index (χ0) is 25.6. The molecule has 0 unspecified atom stereocenters. The highest BCUT2D eigenvalue weighted by Gasteiger charge is 2.34. The van der Waals surface area contributed by atoms with E-state index in [2.05, 4.69) is 19.2 Å². The van der Waals surface area contributed by atoms with Crippen molar-refractivity contribution in [1.29, 1.82) is 0 Å². The van der Waals surface area contributed by atoms with Crippen LogP contribution in [0.2, 0.25) is 0 Å². The van der Waals surface area contributed by atoms with Gasteiger partial charge in [-0.05, 0) is 61.4 Å². The van der Waals surface area contributed by atoms with Gasteiger partial charge in [0.2, 0.25) is 21.8 Å². The Morgan fingerprint density at radius 3 is 2.26 bits per heavy atom. The van der Waals surface area contributed by atoms with Crippen molar-refractivity contribution < 1.29 is 18.0 Å². The first-order valence-corrected chi connectivity index (χ1v) is 13.8. The Bertz CT molecular complexity index is 1120. The number of carbonyl (C=O) groups is 2. The van der Waals surface area contributed by atoms with Crippen LogP contribution in [-0.2, 0) is 19.6 Å². The topological polar surface area (TPSA) is 86.8 Å². The van der Waals surface area contributed by atoms with Crippen LogP contribution in [0.1, 0.15) is 57.1 Å². The molecule has 7 nitrogen and oxygen atoms in total. The minimum Gasteiger partial charge on any atom is -0.333 e. The van der Waals surface area contributed by atoms with E-state index in [9.17, 15) is 18.0 Å². The second kappa shape index (κ2) is 11.8. The van der Waals surface area contributed by atoms with Gasteiger partial charge in [0.15, 0.2) is 0 Å². The van der Waals surface area contributed by atoms with Crippen LogP contribution < -0.4 is 5.32 Å². The number of hydrogen-bond acceptors (Lipinski definition) is 4. The van der Waals surface area contributed by atoms with Crippen LogP contribution in [-0.4, -0.2) is 55.6 Å². The second-order valence-corrected chi connectivity index (χ2v) is 11.5. The summed E-state index contributed by atoms with van der Waals surface area (Å²) in [5, 5.41) is 2.89. The third-order valence-corrected chi connectivity index (χ3v) is 8.46. The molecule has 1 heterocycles. The Morgan fingerprint density at radius 1 is 1.06 bits per heavy atom. The van der Waals surface area contributed by atoms with E-state index in [4.69, 9.17) is 0 Å². The van der Waals surface area contributed by atoms with Crippen LogP contribution in [0.15, 0.2) is 53.4 Å². The van der Waals surface area contributed by atoms with Gasteiger partial charge in [0, 0.05) is 31.2 Å². The van der Waals surface area contributed by atoms with E-state index in [1.807, 2.05) is 50.2 Å². The van der Waals surface area contributed by atoms with E-state index in [1.165, 1.54) is 4.31 Å². The number of hydrogen-bond donors (Lipinski definition) is 1. The second-order valence-electron chi connectivity index (χ2n) is 9.52. The normalized spacial score (nSPS) is 15.2. The van der Waals surface area contributed by atoms with Crippen molar-refractivity contribution in [1.82, 2.24) is 9.21 Å². The molecule has 0 bridgehead atoms. The average molecular weight is 500 g/mol. The SMILES string of the molecule is CCCN(CC(=O)Nc1ccccc1C)C(=O)C1CCN(S(=O)(=O)c2ccc(C(C)C)cc2)CC1. The molecule has 0 aliphatic carbocycles. The molecule has 0 saturated carbocycles. The molecule has 0 spiro atoms. The quantitative estimate of drug-likeness (QED) is 0.554. The van der Waals surface area contributed by atoms with Crippen LogP contribution in [0.3, 0.4) is 0 Å². The predicted molar refractivity (Wildman–Crippen MR) is 139 cm³/mol. The van der Waals surface area contributed by atoms with Gasteiger partial charge in [0.05, 0.1) is 11.4 Å². The van der Waals surface area contributed by atoms with Crippen molar-refractivity contribution in [2.24, 2.45) is 5.92 Å². The minimum absolute atomic E-state index is 0.0122. The molecule has 1 aliphatic heterocycles. The Labute approximate surface area is 209 Å². The maximum absolute atomic E-state index is 13.2. The predicted octanol–water partition coefficient (Wildman–Crippen LogP) is 4.40. The first-order chi connectivity index (χ1) is 16.6. The van der Waals surface area contributed by atoms with Gasteiger partial charge >= 0.3 is 0 Å². The number of amides is 2. The molecular formula is C27H37N3O4S. The van der Waals surface area contributed by atoms with Gasteiger partial charge < -0.3 is 10.2 Å². The summed E-state index contributed by atoms with van der Waals surface area (Å²) in [4.78, 5) is 27.8.